The standard InChI is InChI=1S/C16H18F2N4O2/c17-16(18)24-13-2-1-7-22(15(13)23)12-5-6-14(20-9-12)21-11-4-3-10(19)8-11/h1-2,5-7,9-11,16H,3-4,8,19H2,(H,20,21)/t10-,11-/m0/s1. The van der Waals surface area contributed by atoms with E-state index in [9.17, 15) is 13.6 Å². The lowest BCUT2D eigenvalue weighted by Crippen LogP contribution is -2.22. The van der Waals surface area contributed by atoms with Crippen molar-refractivity contribution in [3.05, 3.63) is 47.0 Å². The summed E-state index contributed by atoms with van der Waals surface area (Å²) < 4.78 is 30.0. The number of nitrogens with two attached hydrogens (primary N) is 1. The smallest absolute Gasteiger partial charge is 0.387 e. The highest BCUT2D eigenvalue weighted by atomic mass is 19.3. The normalized spacial score (nSPS) is 20.3. The average molecular weight is 336 g/mol. The van der Waals surface area contributed by atoms with Gasteiger partial charge in [0.05, 0.1) is 11.9 Å². The van der Waals surface area contributed by atoms with Crippen molar-refractivity contribution in [1.82, 2.24) is 9.55 Å². The molecule has 1 fully saturated rings. The van der Waals surface area contributed by atoms with Gasteiger partial charge in [-0.05, 0) is 43.5 Å². The van der Waals surface area contributed by atoms with Crippen molar-refractivity contribution in [3.8, 4) is 11.4 Å². The quantitative estimate of drug-likeness (QED) is 0.874. The van der Waals surface area contributed by atoms with Gasteiger partial charge in [0.1, 0.15) is 5.82 Å². The van der Waals surface area contributed by atoms with Gasteiger partial charge in [0.25, 0.3) is 5.56 Å². The maximum atomic E-state index is 12.3. The number of nitrogens with one attached hydrogen (secondary N) is 1. The van der Waals surface area contributed by atoms with Crippen LogP contribution in [0.5, 0.6) is 5.75 Å². The number of rotatable bonds is 5. The molecule has 0 saturated heterocycles. The second kappa shape index (κ2) is 6.96. The fourth-order valence-electron chi connectivity index (χ4n) is 2.83. The van der Waals surface area contributed by atoms with Crippen LogP contribution in [0, 0.1) is 0 Å². The summed E-state index contributed by atoms with van der Waals surface area (Å²) in [6.07, 6.45) is 5.86. The predicted molar refractivity (Wildman–Crippen MR) is 85.7 cm³/mol. The first-order valence-corrected chi connectivity index (χ1v) is 7.68. The van der Waals surface area contributed by atoms with E-state index in [1.807, 2.05) is 0 Å². The van der Waals surface area contributed by atoms with Gasteiger partial charge >= 0.3 is 6.61 Å². The first-order chi connectivity index (χ1) is 11.5. The molecule has 1 aliphatic carbocycles. The summed E-state index contributed by atoms with van der Waals surface area (Å²) in [7, 11) is 0. The van der Waals surface area contributed by atoms with Crippen LogP contribution in [0.25, 0.3) is 5.69 Å². The highest BCUT2D eigenvalue weighted by Gasteiger charge is 2.21. The van der Waals surface area contributed by atoms with Gasteiger partial charge in [0.15, 0.2) is 5.75 Å². The van der Waals surface area contributed by atoms with Crippen LogP contribution in [-0.4, -0.2) is 28.2 Å². The molecular weight excluding hydrogens is 318 g/mol. The number of halogens is 2. The summed E-state index contributed by atoms with van der Waals surface area (Å²) in [5.41, 5.74) is 5.68. The molecule has 6 nitrogen and oxygen atoms in total. The van der Waals surface area contributed by atoms with E-state index in [4.69, 9.17) is 5.73 Å². The Morgan fingerprint density at radius 3 is 2.79 bits per heavy atom. The summed E-state index contributed by atoms with van der Waals surface area (Å²) in [4.78, 5) is 16.4. The number of nitrogens with zero attached hydrogens (tertiary/aromatic N) is 2. The van der Waals surface area contributed by atoms with E-state index < -0.39 is 17.9 Å². The molecule has 2 aromatic heterocycles. The van der Waals surface area contributed by atoms with Crippen molar-refractivity contribution in [2.45, 2.75) is 38.0 Å². The molecule has 0 radical (unpaired) electrons. The zero-order valence-corrected chi connectivity index (χ0v) is 12.9. The molecule has 3 rings (SSSR count). The number of hydrogen-bond donors (Lipinski definition) is 2. The number of ether oxygens (including phenoxy) is 1. The minimum Gasteiger partial charge on any atom is -0.429 e. The molecule has 128 valence electrons. The average Bonchev–Trinajstić information content (AvgIpc) is 2.95. The predicted octanol–water partition coefficient (Wildman–Crippen LogP) is 2.13. The van der Waals surface area contributed by atoms with Crippen molar-refractivity contribution >= 4 is 5.82 Å². The number of alkyl halides is 2. The topological polar surface area (TPSA) is 82.2 Å². The molecule has 2 atom stereocenters. The lowest BCUT2D eigenvalue weighted by Gasteiger charge is -2.14. The van der Waals surface area contributed by atoms with E-state index in [-0.39, 0.29) is 6.04 Å². The van der Waals surface area contributed by atoms with E-state index in [0.717, 1.165) is 19.3 Å². The number of anilines is 1. The molecule has 24 heavy (non-hydrogen) atoms. The molecule has 0 unspecified atom stereocenters. The third kappa shape index (κ3) is 3.70. The summed E-state index contributed by atoms with van der Waals surface area (Å²) in [5, 5.41) is 3.30. The van der Waals surface area contributed by atoms with Gasteiger partial charge in [-0.3, -0.25) is 9.36 Å². The molecule has 0 aliphatic heterocycles. The van der Waals surface area contributed by atoms with Gasteiger partial charge < -0.3 is 15.8 Å². The second-order valence-corrected chi connectivity index (χ2v) is 5.74. The summed E-state index contributed by atoms with van der Waals surface area (Å²) in [6.45, 7) is -3.05. The monoisotopic (exact) mass is 336 g/mol. The Labute approximate surface area is 137 Å². The molecule has 8 heteroatoms. The van der Waals surface area contributed by atoms with Crippen LogP contribution in [0.2, 0.25) is 0 Å². The van der Waals surface area contributed by atoms with Crippen molar-refractivity contribution in [1.29, 1.82) is 0 Å². The largest absolute Gasteiger partial charge is 0.429 e. The van der Waals surface area contributed by atoms with Crippen molar-refractivity contribution in [2.75, 3.05) is 5.32 Å². The van der Waals surface area contributed by atoms with E-state index >= 15 is 0 Å². The van der Waals surface area contributed by atoms with Gasteiger partial charge in [-0.1, -0.05) is 0 Å². The molecule has 2 heterocycles. The molecule has 1 saturated carbocycles. The van der Waals surface area contributed by atoms with Crippen LogP contribution in [0.3, 0.4) is 0 Å². The molecule has 0 amide bonds. The Morgan fingerprint density at radius 1 is 1.33 bits per heavy atom. The third-order valence-corrected chi connectivity index (χ3v) is 3.98. The third-order valence-electron chi connectivity index (χ3n) is 3.98. The zero-order valence-electron chi connectivity index (χ0n) is 12.9. The van der Waals surface area contributed by atoms with Crippen LogP contribution in [0.1, 0.15) is 19.3 Å². The van der Waals surface area contributed by atoms with Crippen molar-refractivity contribution < 1.29 is 13.5 Å². The fourth-order valence-corrected chi connectivity index (χ4v) is 2.83. The lowest BCUT2D eigenvalue weighted by atomic mass is 10.2. The number of hydrogen-bond acceptors (Lipinski definition) is 5. The molecule has 0 bridgehead atoms. The first kappa shape index (κ1) is 16.4. The number of aromatic nitrogens is 2. The lowest BCUT2D eigenvalue weighted by molar-refractivity contribution is -0.0509. The highest BCUT2D eigenvalue weighted by molar-refractivity contribution is 5.42. The van der Waals surface area contributed by atoms with Gasteiger partial charge in [-0.15, -0.1) is 0 Å². The van der Waals surface area contributed by atoms with E-state index in [1.54, 1.807) is 12.1 Å². The number of pyridine rings is 2. The van der Waals surface area contributed by atoms with Gasteiger partial charge in [0, 0.05) is 18.3 Å². The van der Waals surface area contributed by atoms with E-state index in [2.05, 4.69) is 15.0 Å². The van der Waals surface area contributed by atoms with Crippen LogP contribution in [-0.2, 0) is 0 Å². The fraction of sp³-hybridized carbons (Fsp3) is 0.375. The molecular formula is C16H18F2N4O2. The maximum Gasteiger partial charge on any atom is 0.387 e. The van der Waals surface area contributed by atoms with Crippen molar-refractivity contribution in [2.24, 2.45) is 5.73 Å². The second-order valence-electron chi connectivity index (χ2n) is 5.74. The van der Waals surface area contributed by atoms with Gasteiger partial charge in [0.2, 0.25) is 0 Å². The van der Waals surface area contributed by atoms with Crippen LogP contribution in [0.15, 0.2) is 41.5 Å². The Hall–Kier alpha value is -2.48. The van der Waals surface area contributed by atoms with Gasteiger partial charge in [-0.25, -0.2) is 4.98 Å². The van der Waals surface area contributed by atoms with Crippen LogP contribution in [0.4, 0.5) is 14.6 Å². The maximum absolute atomic E-state index is 12.3. The SMILES string of the molecule is N[C@H]1CC[C@H](Nc2ccc(-n3cccc(OC(F)F)c3=O)cn2)C1. The Bertz CT molecular complexity index is 748. The van der Waals surface area contributed by atoms with Gasteiger partial charge in [-0.2, -0.15) is 8.78 Å². The van der Waals surface area contributed by atoms with Crippen LogP contribution < -0.4 is 21.3 Å². The minimum atomic E-state index is -3.05. The van der Waals surface area contributed by atoms with Crippen molar-refractivity contribution in [3.63, 3.8) is 0 Å². The Morgan fingerprint density at radius 2 is 2.17 bits per heavy atom. The highest BCUT2D eigenvalue weighted by Crippen LogP contribution is 2.21. The summed E-state index contributed by atoms with van der Waals surface area (Å²) >= 11 is 0. The van der Waals surface area contributed by atoms with E-state index in [0.29, 0.717) is 17.5 Å². The van der Waals surface area contributed by atoms with Crippen LogP contribution >= 0.6 is 0 Å². The summed E-state index contributed by atoms with van der Waals surface area (Å²) in [5.74, 6) is 0.278. The zero-order chi connectivity index (χ0) is 17.1. The molecule has 1 aliphatic rings. The molecule has 3 N–H and O–H groups in total. The first-order valence-electron chi connectivity index (χ1n) is 7.68. The Balaban J connectivity index is 1.77. The minimum absolute atomic E-state index is 0.220. The molecule has 0 aromatic carbocycles. The Kier molecular flexibility index (Phi) is 4.75. The molecule has 2 aromatic rings. The molecule has 0 spiro atoms. The van der Waals surface area contributed by atoms with E-state index in [1.165, 1.54) is 29.1 Å². The summed E-state index contributed by atoms with van der Waals surface area (Å²) in [6, 6.07) is 6.62.